The van der Waals surface area contributed by atoms with E-state index in [-0.39, 0.29) is 23.7 Å². The van der Waals surface area contributed by atoms with Gasteiger partial charge in [-0.1, -0.05) is 6.92 Å². The van der Waals surface area contributed by atoms with E-state index in [0.29, 0.717) is 18.8 Å². The topological polar surface area (TPSA) is 94.4 Å². The molecule has 116 valence electrons. The van der Waals surface area contributed by atoms with E-state index in [4.69, 9.17) is 5.73 Å². The molecule has 7 heteroatoms. The van der Waals surface area contributed by atoms with Gasteiger partial charge >= 0.3 is 0 Å². The fourth-order valence-electron chi connectivity index (χ4n) is 2.86. The van der Waals surface area contributed by atoms with Gasteiger partial charge in [-0.3, -0.25) is 14.9 Å². The summed E-state index contributed by atoms with van der Waals surface area (Å²) in [5.74, 6) is -0.143. The number of nitro groups is 1. The van der Waals surface area contributed by atoms with Crippen LogP contribution in [0.2, 0.25) is 0 Å². The van der Waals surface area contributed by atoms with Gasteiger partial charge in [0, 0.05) is 31.2 Å². The molecule has 1 aliphatic rings. The van der Waals surface area contributed by atoms with Crippen LogP contribution in [0.4, 0.5) is 5.69 Å². The van der Waals surface area contributed by atoms with Gasteiger partial charge in [0.15, 0.2) is 0 Å². The molecule has 2 N–H and O–H groups in total. The van der Waals surface area contributed by atoms with Crippen molar-refractivity contribution >= 4 is 11.6 Å². The molecule has 21 heavy (non-hydrogen) atoms. The zero-order valence-corrected chi connectivity index (χ0v) is 12.5. The summed E-state index contributed by atoms with van der Waals surface area (Å²) in [7, 11) is 0. The van der Waals surface area contributed by atoms with E-state index >= 15 is 0 Å². The normalized spacial score (nSPS) is 22.3. The fraction of sp³-hybridized carbons (Fsp3) is 0.643. The first kappa shape index (κ1) is 15.5. The number of amides is 1. The highest BCUT2D eigenvalue weighted by molar-refractivity contribution is 5.93. The van der Waals surface area contributed by atoms with Crippen molar-refractivity contribution in [1.29, 1.82) is 0 Å². The highest BCUT2D eigenvalue weighted by Crippen LogP contribution is 2.23. The lowest BCUT2D eigenvalue weighted by Gasteiger charge is -2.36. The molecule has 7 nitrogen and oxygen atoms in total. The van der Waals surface area contributed by atoms with Crippen LogP contribution in [0.1, 0.15) is 43.6 Å². The maximum absolute atomic E-state index is 12.7. The molecule has 1 fully saturated rings. The lowest BCUT2D eigenvalue weighted by atomic mass is 9.99. The molecule has 0 aliphatic carbocycles. The van der Waals surface area contributed by atoms with Crippen LogP contribution in [0.5, 0.6) is 0 Å². The van der Waals surface area contributed by atoms with E-state index in [1.54, 1.807) is 9.47 Å². The first-order chi connectivity index (χ1) is 9.93. The molecule has 0 radical (unpaired) electrons. The average Bonchev–Trinajstić information content (AvgIpc) is 2.83. The summed E-state index contributed by atoms with van der Waals surface area (Å²) < 4.78 is 1.68. The Morgan fingerprint density at radius 2 is 2.29 bits per heavy atom. The fourth-order valence-corrected chi connectivity index (χ4v) is 2.86. The summed E-state index contributed by atoms with van der Waals surface area (Å²) in [5, 5.41) is 10.9. The number of aromatic nitrogens is 1. The minimum Gasteiger partial charge on any atom is -0.337 e. The molecule has 2 unspecified atom stereocenters. The number of rotatable bonds is 4. The van der Waals surface area contributed by atoms with Crippen LogP contribution in [0.3, 0.4) is 0 Å². The Morgan fingerprint density at radius 3 is 2.86 bits per heavy atom. The second-order valence-electron chi connectivity index (χ2n) is 5.67. The smallest absolute Gasteiger partial charge is 0.287 e. The second kappa shape index (κ2) is 6.26. The third-order valence-corrected chi connectivity index (χ3v) is 3.95. The molecule has 1 saturated heterocycles. The van der Waals surface area contributed by atoms with E-state index in [2.05, 4.69) is 0 Å². The molecule has 1 aromatic rings. The van der Waals surface area contributed by atoms with Crippen LogP contribution >= 0.6 is 0 Å². The third-order valence-electron chi connectivity index (χ3n) is 3.95. The Morgan fingerprint density at radius 1 is 1.57 bits per heavy atom. The summed E-state index contributed by atoms with van der Waals surface area (Å²) in [4.78, 5) is 24.9. The third kappa shape index (κ3) is 3.24. The minimum atomic E-state index is -0.460. The number of piperidine rings is 1. The summed E-state index contributed by atoms with van der Waals surface area (Å²) in [6, 6.07) is 1.56. The predicted octanol–water partition coefficient (Wildman–Crippen LogP) is 1.76. The maximum Gasteiger partial charge on any atom is 0.287 e. The zero-order chi connectivity index (χ0) is 15.6. The van der Waals surface area contributed by atoms with Crippen molar-refractivity contribution in [2.24, 2.45) is 5.73 Å². The van der Waals surface area contributed by atoms with E-state index in [0.717, 1.165) is 19.3 Å². The minimum absolute atomic E-state index is 0.0341. The van der Waals surface area contributed by atoms with E-state index in [1.807, 2.05) is 13.8 Å². The van der Waals surface area contributed by atoms with Crippen LogP contribution in [-0.2, 0) is 6.54 Å². The molecule has 1 amide bonds. The predicted molar refractivity (Wildman–Crippen MR) is 79.1 cm³/mol. The van der Waals surface area contributed by atoms with Gasteiger partial charge in [0.1, 0.15) is 5.69 Å². The number of hydrogen-bond acceptors (Lipinski definition) is 4. The van der Waals surface area contributed by atoms with Crippen molar-refractivity contribution < 1.29 is 9.72 Å². The standard InChI is InChI=1S/C14H22N4O3/c1-3-5-16-9-12(18(20)21)8-13(16)14(19)17-6-4-11(15)7-10(17)2/h8-11H,3-7,15H2,1-2H3. The molecular formula is C14H22N4O3. The Hall–Kier alpha value is -1.89. The molecule has 0 aromatic carbocycles. The van der Waals surface area contributed by atoms with Crippen molar-refractivity contribution in [3.63, 3.8) is 0 Å². The number of carbonyl (C=O) groups excluding carboxylic acids is 1. The van der Waals surface area contributed by atoms with Crippen molar-refractivity contribution in [1.82, 2.24) is 9.47 Å². The van der Waals surface area contributed by atoms with E-state index in [1.165, 1.54) is 12.3 Å². The summed E-state index contributed by atoms with van der Waals surface area (Å²) in [6.07, 6.45) is 3.79. The molecular weight excluding hydrogens is 272 g/mol. The first-order valence-corrected chi connectivity index (χ1v) is 7.35. The SMILES string of the molecule is CCCn1cc([N+](=O)[O-])cc1C(=O)N1CCC(N)CC1C. The quantitative estimate of drug-likeness (QED) is 0.676. The number of carbonyl (C=O) groups is 1. The van der Waals surface area contributed by atoms with Gasteiger partial charge in [-0.15, -0.1) is 0 Å². The Balaban J connectivity index is 2.27. The van der Waals surface area contributed by atoms with Crippen LogP contribution in [-0.4, -0.2) is 38.9 Å². The molecule has 1 aliphatic heterocycles. The molecule has 2 heterocycles. The van der Waals surface area contributed by atoms with Crippen LogP contribution < -0.4 is 5.73 Å². The van der Waals surface area contributed by atoms with Gasteiger partial charge in [-0.25, -0.2) is 0 Å². The number of aryl methyl sites for hydroxylation is 1. The summed E-state index contributed by atoms with van der Waals surface area (Å²) in [6.45, 7) is 5.14. The zero-order valence-electron chi connectivity index (χ0n) is 12.5. The Kier molecular flexibility index (Phi) is 4.62. The lowest BCUT2D eigenvalue weighted by molar-refractivity contribution is -0.384. The lowest BCUT2D eigenvalue weighted by Crippen LogP contribution is -2.48. The van der Waals surface area contributed by atoms with E-state index in [9.17, 15) is 14.9 Å². The van der Waals surface area contributed by atoms with Crippen LogP contribution in [0.15, 0.2) is 12.3 Å². The molecule has 0 saturated carbocycles. The Bertz CT molecular complexity index is 540. The molecule has 2 atom stereocenters. The molecule has 0 bridgehead atoms. The highest BCUT2D eigenvalue weighted by Gasteiger charge is 2.30. The van der Waals surface area contributed by atoms with Gasteiger partial charge in [-0.2, -0.15) is 0 Å². The van der Waals surface area contributed by atoms with Crippen molar-refractivity contribution in [3.05, 3.63) is 28.1 Å². The largest absolute Gasteiger partial charge is 0.337 e. The monoisotopic (exact) mass is 294 g/mol. The van der Waals surface area contributed by atoms with Crippen molar-refractivity contribution in [2.45, 2.75) is 51.7 Å². The van der Waals surface area contributed by atoms with Crippen molar-refractivity contribution in [2.75, 3.05) is 6.54 Å². The van der Waals surface area contributed by atoms with Crippen LogP contribution in [0, 0.1) is 10.1 Å². The van der Waals surface area contributed by atoms with Gasteiger partial charge in [-0.05, 0) is 26.2 Å². The number of likely N-dealkylation sites (tertiary alicyclic amines) is 1. The Labute approximate surface area is 123 Å². The maximum atomic E-state index is 12.7. The number of nitrogens with two attached hydrogens (primary N) is 1. The first-order valence-electron chi connectivity index (χ1n) is 7.35. The molecule has 1 aromatic heterocycles. The molecule has 2 rings (SSSR count). The average molecular weight is 294 g/mol. The van der Waals surface area contributed by atoms with Gasteiger partial charge in [0.05, 0.1) is 11.1 Å². The second-order valence-corrected chi connectivity index (χ2v) is 5.67. The summed E-state index contributed by atoms with van der Waals surface area (Å²) in [5.41, 5.74) is 6.28. The molecule has 0 spiro atoms. The highest BCUT2D eigenvalue weighted by atomic mass is 16.6. The van der Waals surface area contributed by atoms with Gasteiger partial charge in [0.2, 0.25) is 0 Å². The van der Waals surface area contributed by atoms with Crippen LogP contribution in [0.25, 0.3) is 0 Å². The van der Waals surface area contributed by atoms with Gasteiger partial charge < -0.3 is 15.2 Å². The van der Waals surface area contributed by atoms with Crippen molar-refractivity contribution in [3.8, 4) is 0 Å². The van der Waals surface area contributed by atoms with Gasteiger partial charge in [0.25, 0.3) is 11.6 Å². The number of nitrogens with zero attached hydrogens (tertiary/aromatic N) is 3. The summed E-state index contributed by atoms with van der Waals surface area (Å²) >= 11 is 0. The van der Waals surface area contributed by atoms with E-state index < -0.39 is 4.92 Å². The number of hydrogen-bond donors (Lipinski definition) is 1.